The summed E-state index contributed by atoms with van der Waals surface area (Å²) in [6, 6.07) is 3.13. The van der Waals surface area contributed by atoms with Crippen LogP contribution in [0.15, 0.2) is 12.4 Å². The predicted octanol–water partition coefficient (Wildman–Crippen LogP) is 0.217. The van der Waals surface area contributed by atoms with E-state index in [9.17, 15) is 0 Å². The Morgan fingerprint density at radius 3 is 2.67 bits per heavy atom. The van der Waals surface area contributed by atoms with Gasteiger partial charge in [-0.15, -0.1) is 0 Å². The van der Waals surface area contributed by atoms with E-state index in [1.807, 2.05) is 19.0 Å². The fourth-order valence-electron chi connectivity index (χ4n) is 0.646. The van der Waals surface area contributed by atoms with Gasteiger partial charge in [0.1, 0.15) is 6.61 Å². The molecule has 1 radical (unpaired) electrons. The van der Waals surface area contributed by atoms with Crippen LogP contribution in [0.3, 0.4) is 0 Å². The third kappa shape index (κ3) is 3.30. The van der Waals surface area contributed by atoms with Crippen molar-refractivity contribution in [3.63, 3.8) is 0 Å². The fraction of sp³-hybridized carbons (Fsp3) is 0.500. The number of nitrogens with zero attached hydrogens (tertiary/aromatic N) is 3. The van der Waals surface area contributed by atoms with E-state index in [0.717, 1.165) is 6.54 Å². The van der Waals surface area contributed by atoms with Crippen LogP contribution in [-0.2, 0) is 0 Å². The zero-order valence-electron chi connectivity index (χ0n) is 7.32. The zero-order valence-corrected chi connectivity index (χ0v) is 7.32. The summed E-state index contributed by atoms with van der Waals surface area (Å²) in [5.74, 6) is 0. The van der Waals surface area contributed by atoms with E-state index in [1.165, 1.54) is 12.4 Å². The molecule has 0 unspecified atom stereocenters. The molecular weight excluding hydrogens is 154 g/mol. The minimum absolute atomic E-state index is 0.413. The van der Waals surface area contributed by atoms with E-state index in [-0.39, 0.29) is 0 Å². The largest absolute Gasteiger partial charge is 0.462 e. The second-order valence-corrected chi connectivity index (χ2v) is 2.62. The first-order chi connectivity index (χ1) is 5.79. The van der Waals surface area contributed by atoms with Gasteiger partial charge in [0, 0.05) is 25.0 Å². The summed E-state index contributed by atoms with van der Waals surface area (Å²) < 4.78 is 5.23. The van der Waals surface area contributed by atoms with Crippen molar-refractivity contribution in [2.24, 2.45) is 0 Å². The SMILES string of the molecule is CN(C)CCOc1nc[c]cn1. The van der Waals surface area contributed by atoms with Crippen molar-refractivity contribution >= 4 is 0 Å². The molecule has 0 amide bonds. The molecule has 0 saturated carbocycles. The van der Waals surface area contributed by atoms with Gasteiger partial charge in [-0.2, -0.15) is 0 Å². The van der Waals surface area contributed by atoms with E-state index >= 15 is 0 Å². The van der Waals surface area contributed by atoms with E-state index in [2.05, 4.69) is 16.0 Å². The van der Waals surface area contributed by atoms with Gasteiger partial charge >= 0.3 is 6.01 Å². The smallest absolute Gasteiger partial charge is 0.316 e. The van der Waals surface area contributed by atoms with Gasteiger partial charge in [0.25, 0.3) is 0 Å². The van der Waals surface area contributed by atoms with Crippen molar-refractivity contribution in [3.8, 4) is 6.01 Å². The molecule has 1 rings (SSSR count). The lowest BCUT2D eigenvalue weighted by atomic mass is 10.6. The average molecular weight is 166 g/mol. The predicted molar refractivity (Wildman–Crippen MR) is 44.9 cm³/mol. The number of hydrogen-bond acceptors (Lipinski definition) is 4. The quantitative estimate of drug-likeness (QED) is 0.641. The maximum absolute atomic E-state index is 5.23. The molecule has 0 spiro atoms. The molecule has 1 aromatic rings. The van der Waals surface area contributed by atoms with Crippen molar-refractivity contribution in [2.45, 2.75) is 0 Å². The maximum Gasteiger partial charge on any atom is 0.316 e. The number of ether oxygens (including phenoxy) is 1. The van der Waals surface area contributed by atoms with E-state index < -0.39 is 0 Å². The molecule has 0 fully saturated rings. The van der Waals surface area contributed by atoms with Gasteiger partial charge in [0.05, 0.1) is 0 Å². The Kier molecular flexibility index (Phi) is 3.47. The van der Waals surface area contributed by atoms with Gasteiger partial charge in [0.2, 0.25) is 0 Å². The Hall–Kier alpha value is -1.16. The van der Waals surface area contributed by atoms with Gasteiger partial charge in [-0.25, -0.2) is 9.97 Å². The molecule has 12 heavy (non-hydrogen) atoms. The number of hydrogen-bond donors (Lipinski definition) is 0. The lowest BCUT2D eigenvalue weighted by Crippen LogP contribution is -2.19. The van der Waals surface area contributed by atoms with E-state index in [4.69, 9.17) is 4.74 Å². The van der Waals surface area contributed by atoms with Gasteiger partial charge in [0.15, 0.2) is 0 Å². The van der Waals surface area contributed by atoms with E-state index in [1.54, 1.807) is 0 Å². The Morgan fingerprint density at radius 2 is 2.08 bits per heavy atom. The maximum atomic E-state index is 5.23. The van der Waals surface area contributed by atoms with Crippen molar-refractivity contribution < 1.29 is 4.74 Å². The van der Waals surface area contributed by atoms with Gasteiger partial charge in [-0.05, 0) is 14.1 Å². The summed E-state index contributed by atoms with van der Waals surface area (Å²) in [7, 11) is 3.98. The van der Waals surface area contributed by atoms with Crippen LogP contribution in [0.2, 0.25) is 0 Å². The second kappa shape index (κ2) is 4.66. The highest BCUT2D eigenvalue weighted by atomic mass is 16.5. The third-order valence-corrected chi connectivity index (χ3v) is 1.27. The van der Waals surface area contributed by atoms with Crippen LogP contribution in [0.1, 0.15) is 0 Å². The summed E-state index contributed by atoms with van der Waals surface area (Å²) in [5.41, 5.74) is 0. The summed E-state index contributed by atoms with van der Waals surface area (Å²) in [6.07, 6.45) is 3.08. The Balaban J connectivity index is 2.25. The van der Waals surface area contributed by atoms with Crippen LogP contribution in [0.5, 0.6) is 6.01 Å². The van der Waals surface area contributed by atoms with Crippen LogP contribution in [-0.4, -0.2) is 42.1 Å². The van der Waals surface area contributed by atoms with Crippen LogP contribution >= 0.6 is 0 Å². The molecule has 0 aromatic carbocycles. The first kappa shape index (κ1) is 8.93. The molecule has 1 aromatic heterocycles. The van der Waals surface area contributed by atoms with Crippen LogP contribution < -0.4 is 4.74 Å². The van der Waals surface area contributed by atoms with Crippen molar-refractivity contribution in [2.75, 3.05) is 27.2 Å². The zero-order chi connectivity index (χ0) is 8.81. The Morgan fingerprint density at radius 1 is 1.42 bits per heavy atom. The first-order valence-corrected chi connectivity index (χ1v) is 3.74. The van der Waals surface area contributed by atoms with Gasteiger partial charge in [-0.3, -0.25) is 0 Å². The fourth-order valence-corrected chi connectivity index (χ4v) is 0.646. The van der Waals surface area contributed by atoms with Gasteiger partial charge < -0.3 is 9.64 Å². The Bertz CT molecular complexity index is 213. The molecule has 65 valence electrons. The minimum atomic E-state index is 0.413. The summed E-state index contributed by atoms with van der Waals surface area (Å²) >= 11 is 0. The number of rotatable bonds is 4. The highest BCUT2D eigenvalue weighted by molar-refractivity contribution is 4.91. The molecule has 1 heterocycles. The van der Waals surface area contributed by atoms with Crippen molar-refractivity contribution in [3.05, 3.63) is 18.5 Å². The highest BCUT2D eigenvalue weighted by Crippen LogP contribution is 1.95. The monoisotopic (exact) mass is 166 g/mol. The van der Waals surface area contributed by atoms with E-state index in [0.29, 0.717) is 12.6 Å². The minimum Gasteiger partial charge on any atom is -0.462 e. The molecular formula is C8H12N3O. The molecule has 0 aliphatic carbocycles. The molecule has 4 nitrogen and oxygen atoms in total. The lowest BCUT2D eigenvalue weighted by molar-refractivity contribution is 0.245. The molecule has 0 atom stereocenters. The lowest BCUT2D eigenvalue weighted by Gasteiger charge is -2.08. The molecule has 0 aliphatic rings. The third-order valence-electron chi connectivity index (χ3n) is 1.27. The van der Waals surface area contributed by atoms with Crippen LogP contribution in [0, 0.1) is 6.07 Å². The van der Waals surface area contributed by atoms with Crippen LogP contribution in [0.4, 0.5) is 0 Å². The first-order valence-electron chi connectivity index (χ1n) is 3.74. The molecule has 0 aliphatic heterocycles. The number of aromatic nitrogens is 2. The standard InChI is InChI=1S/C8H12N3O/c1-11(2)6-7-12-8-9-4-3-5-10-8/h4-5H,6-7H2,1-2H3. The average Bonchev–Trinajstić information content (AvgIpc) is 2.05. The molecule has 0 bridgehead atoms. The summed E-state index contributed by atoms with van der Waals surface area (Å²) in [4.78, 5) is 9.77. The van der Waals surface area contributed by atoms with Gasteiger partial charge in [-0.1, -0.05) is 0 Å². The summed E-state index contributed by atoms with van der Waals surface area (Å²) in [6.45, 7) is 1.47. The molecule has 4 heteroatoms. The van der Waals surface area contributed by atoms with Crippen molar-refractivity contribution in [1.29, 1.82) is 0 Å². The normalized spacial score (nSPS) is 10.2. The second-order valence-electron chi connectivity index (χ2n) is 2.62. The summed E-state index contributed by atoms with van der Waals surface area (Å²) in [5, 5.41) is 0. The van der Waals surface area contributed by atoms with Crippen LogP contribution in [0.25, 0.3) is 0 Å². The van der Waals surface area contributed by atoms with Crippen molar-refractivity contribution in [1.82, 2.24) is 14.9 Å². The Labute approximate surface area is 72.2 Å². The number of likely N-dealkylation sites (N-methyl/N-ethyl adjacent to an activating group) is 1. The topological polar surface area (TPSA) is 38.2 Å². The molecule has 0 saturated heterocycles. The molecule has 0 N–H and O–H groups in total. The highest BCUT2D eigenvalue weighted by Gasteiger charge is 1.94.